The molecule has 2 rings (SSSR count). The molecule has 0 aliphatic carbocycles. The lowest BCUT2D eigenvalue weighted by Gasteiger charge is -2.34. The van der Waals surface area contributed by atoms with E-state index in [2.05, 4.69) is 29.2 Å². The van der Waals surface area contributed by atoms with Gasteiger partial charge in [0.15, 0.2) is 0 Å². The number of hydrogen-bond donors (Lipinski definition) is 0. The molecule has 3 heteroatoms. The molecule has 0 N–H and O–H groups in total. The number of allylic oxidation sites excluding steroid dienone is 1. The largest absolute Gasteiger partial charge is 0.337 e. The Balaban J connectivity index is 1.83. The normalized spacial score (nSPS) is 16.2. The zero-order chi connectivity index (χ0) is 13.7. The van der Waals surface area contributed by atoms with Gasteiger partial charge in [0.1, 0.15) is 0 Å². The van der Waals surface area contributed by atoms with Crippen LogP contribution in [-0.2, 0) is 11.3 Å². The number of rotatable bonds is 3. The monoisotopic (exact) mass is 258 g/mol. The topological polar surface area (TPSA) is 23.6 Å². The summed E-state index contributed by atoms with van der Waals surface area (Å²) in [6.45, 7) is 8.47. The summed E-state index contributed by atoms with van der Waals surface area (Å²) in [5.74, 6) is 0.152. The van der Waals surface area contributed by atoms with E-state index in [0.717, 1.165) is 38.3 Å². The quantitative estimate of drug-likeness (QED) is 0.777. The summed E-state index contributed by atoms with van der Waals surface area (Å²) >= 11 is 0. The predicted molar refractivity (Wildman–Crippen MR) is 77.7 cm³/mol. The second-order valence-electron chi connectivity index (χ2n) is 5.31. The smallest absolute Gasteiger partial charge is 0.246 e. The van der Waals surface area contributed by atoms with Crippen LogP contribution in [-0.4, -0.2) is 41.9 Å². The molecule has 19 heavy (non-hydrogen) atoms. The van der Waals surface area contributed by atoms with Gasteiger partial charge in [0.05, 0.1) is 0 Å². The molecule has 1 aromatic carbocycles. The van der Waals surface area contributed by atoms with Gasteiger partial charge in [0.25, 0.3) is 0 Å². The fourth-order valence-electron chi connectivity index (χ4n) is 2.31. The molecule has 0 unspecified atom stereocenters. The third-order valence-corrected chi connectivity index (χ3v) is 3.35. The maximum absolute atomic E-state index is 11.9. The summed E-state index contributed by atoms with van der Waals surface area (Å²) in [7, 11) is 0. The lowest BCUT2D eigenvalue weighted by Crippen LogP contribution is -2.47. The summed E-state index contributed by atoms with van der Waals surface area (Å²) in [6, 6.07) is 10.5. The number of piperazine rings is 1. The SMILES string of the molecule is CC(C)=CC(=O)N1CCN(Cc2ccccc2)CC1. The lowest BCUT2D eigenvalue weighted by molar-refractivity contribution is -0.127. The maximum atomic E-state index is 11.9. The molecule has 1 aliphatic heterocycles. The van der Waals surface area contributed by atoms with Crippen LogP contribution in [0.4, 0.5) is 0 Å². The van der Waals surface area contributed by atoms with Gasteiger partial charge in [0, 0.05) is 38.8 Å². The standard InChI is InChI=1S/C16H22N2O/c1-14(2)12-16(19)18-10-8-17(9-11-18)13-15-6-4-3-5-7-15/h3-7,12H,8-11,13H2,1-2H3. The second-order valence-corrected chi connectivity index (χ2v) is 5.31. The average molecular weight is 258 g/mol. The number of hydrogen-bond acceptors (Lipinski definition) is 2. The van der Waals surface area contributed by atoms with E-state index in [-0.39, 0.29) is 5.91 Å². The fraction of sp³-hybridized carbons (Fsp3) is 0.438. The highest BCUT2D eigenvalue weighted by atomic mass is 16.2. The summed E-state index contributed by atoms with van der Waals surface area (Å²) in [5, 5.41) is 0. The van der Waals surface area contributed by atoms with Crippen LogP contribution in [0.15, 0.2) is 42.0 Å². The Kier molecular flexibility index (Phi) is 4.74. The van der Waals surface area contributed by atoms with Gasteiger partial charge in [-0.05, 0) is 19.4 Å². The number of carbonyl (C=O) groups excluding carboxylic acids is 1. The molecule has 0 aromatic heterocycles. The highest BCUT2D eigenvalue weighted by Gasteiger charge is 2.19. The second kappa shape index (κ2) is 6.53. The molecular weight excluding hydrogens is 236 g/mol. The first-order valence-electron chi connectivity index (χ1n) is 6.85. The maximum Gasteiger partial charge on any atom is 0.246 e. The van der Waals surface area contributed by atoms with Crippen molar-refractivity contribution >= 4 is 5.91 Å². The molecule has 1 heterocycles. The van der Waals surface area contributed by atoms with Crippen LogP contribution in [0, 0.1) is 0 Å². The van der Waals surface area contributed by atoms with Gasteiger partial charge in [-0.15, -0.1) is 0 Å². The molecule has 0 saturated carbocycles. The Morgan fingerprint density at radius 3 is 2.32 bits per heavy atom. The van der Waals surface area contributed by atoms with Gasteiger partial charge in [-0.2, -0.15) is 0 Å². The zero-order valence-corrected chi connectivity index (χ0v) is 11.8. The predicted octanol–water partition coefficient (Wildman–Crippen LogP) is 2.30. The molecule has 1 amide bonds. The Hall–Kier alpha value is -1.61. The molecule has 1 aliphatic rings. The molecule has 0 atom stereocenters. The van der Waals surface area contributed by atoms with E-state index in [0.29, 0.717) is 0 Å². The molecule has 3 nitrogen and oxygen atoms in total. The van der Waals surface area contributed by atoms with Crippen molar-refractivity contribution in [3.63, 3.8) is 0 Å². The van der Waals surface area contributed by atoms with E-state index < -0.39 is 0 Å². The number of amides is 1. The summed E-state index contributed by atoms with van der Waals surface area (Å²) < 4.78 is 0. The van der Waals surface area contributed by atoms with Crippen molar-refractivity contribution in [2.45, 2.75) is 20.4 Å². The minimum Gasteiger partial charge on any atom is -0.337 e. The van der Waals surface area contributed by atoms with E-state index in [4.69, 9.17) is 0 Å². The first kappa shape index (κ1) is 13.8. The number of benzene rings is 1. The van der Waals surface area contributed by atoms with Crippen molar-refractivity contribution in [2.24, 2.45) is 0 Å². The van der Waals surface area contributed by atoms with Crippen molar-refractivity contribution < 1.29 is 4.79 Å². The summed E-state index contributed by atoms with van der Waals surface area (Å²) in [6.07, 6.45) is 1.73. The van der Waals surface area contributed by atoms with Crippen molar-refractivity contribution in [3.05, 3.63) is 47.5 Å². The average Bonchev–Trinajstić information content (AvgIpc) is 2.40. The van der Waals surface area contributed by atoms with Gasteiger partial charge >= 0.3 is 0 Å². The van der Waals surface area contributed by atoms with E-state index in [9.17, 15) is 4.79 Å². The van der Waals surface area contributed by atoms with Crippen LogP contribution in [0.1, 0.15) is 19.4 Å². The van der Waals surface area contributed by atoms with Crippen molar-refractivity contribution in [1.82, 2.24) is 9.80 Å². The molecule has 102 valence electrons. The highest BCUT2D eigenvalue weighted by molar-refractivity contribution is 5.88. The van der Waals surface area contributed by atoms with E-state index >= 15 is 0 Å². The Bertz CT molecular complexity index is 441. The van der Waals surface area contributed by atoms with Gasteiger partial charge < -0.3 is 4.90 Å². The molecule has 0 radical (unpaired) electrons. The number of carbonyl (C=O) groups is 1. The first-order chi connectivity index (χ1) is 9.15. The zero-order valence-electron chi connectivity index (χ0n) is 11.8. The molecule has 0 spiro atoms. The van der Waals surface area contributed by atoms with Crippen molar-refractivity contribution in [2.75, 3.05) is 26.2 Å². The van der Waals surface area contributed by atoms with Crippen molar-refractivity contribution in [1.29, 1.82) is 0 Å². The third-order valence-electron chi connectivity index (χ3n) is 3.35. The molecule has 0 bridgehead atoms. The van der Waals surface area contributed by atoms with Gasteiger partial charge in [-0.25, -0.2) is 0 Å². The van der Waals surface area contributed by atoms with Crippen LogP contribution in [0.3, 0.4) is 0 Å². The third kappa shape index (κ3) is 4.21. The lowest BCUT2D eigenvalue weighted by atomic mass is 10.2. The fourth-order valence-corrected chi connectivity index (χ4v) is 2.31. The Morgan fingerprint density at radius 1 is 1.11 bits per heavy atom. The Labute approximate surface area is 115 Å². The van der Waals surface area contributed by atoms with Crippen molar-refractivity contribution in [3.8, 4) is 0 Å². The van der Waals surface area contributed by atoms with Crippen LogP contribution in [0.25, 0.3) is 0 Å². The van der Waals surface area contributed by atoms with E-state index in [1.165, 1.54) is 5.56 Å². The van der Waals surface area contributed by atoms with Crippen LogP contribution in [0.5, 0.6) is 0 Å². The highest BCUT2D eigenvalue weighted by Crippen LogP contribution is 2.09. The van der Waals surface area contributed by atoms with Gasteiger partial charge in [-0.1, -0.05) is 35.9 Å². The Morgan fingerprint density at radius 2 is 1.74 bits per heavy atom. The minimum atomic E-state index is 0.152. The molecule has 1 aromatic rings. The van der Waals surface area contributed by atoms with Gasteiger partial charge in [0.2, 0.25) is 5.91 Å². The van der Waals surface area contributed by atoms with E-state index in [1.54, 1.807) is 6.08 Å². The molecule has 1 fully saturated rings. The summed E-state index contributed by atoms with van der Waals surface area (Å²) in [5.41, 5.74) is 2.41. The van der Waals surface area contributed by atoms with Gasteiger partial charge in [-0.3, -0.25) is 9.69 Å². The van der Waals surface area contributed by atoms with Crippen LogP contribution >= 0.6 is 0 Å². The van der Waals surface area contributed by atoms with Crippen LogP contribution < -0.4 is 0 Å². The summed E-state index contributed by atoms with van der Waals surface area (Å²) in [4.78, 5) is 16.2. The molecule has 1 saturated heterocycles. The minimum absolute atomic E-state index is 0.152. The van der Waals surface area contributed by atoms with E-state index in [1.807, 2.05) is 24.8 Å². The van der Waals surface area contributed by atoms with Crippen LogP contribution in [0.2, 0.25) is 0 Å². The first-order valence-corrected chi connectivity index (χ1v) is 6.85. The number of nitrogens with zero attached hydrogens (tertiary/aromatic N) is 2. The molecular formula is C16H22N2O.